The predicted molar refractivity (Wildman–Crippen MR) is 79.5 cm³/mol. The molecule has 1 fully saturated rings. The zero-order chi connectivity index (χ0) is 16.0. The number of rotatable bonds is 5. The molecule has 1 saturated carbocycles. The largest absolute Gasteiger partial charge is 0.416 e. The third-order valence-corrected chi connectivity index (χ3v) is 3.98. The van der Waals surface area contributed by atoms with Crippen molar-refractivity contribution in [1.29, 1.82) is 0 Å². The molecule has 1 aromatic carbocycles. The minimum absolute atomic E-state index is 0.0675. The summed E-state index contributed by atoms with van der Waals surface area (Å²) in [5.74, 6) is 0.425. The maximum absolute atomic E-state index is 12.4. The van der Waals surface area contributed by atoms with Crippen LogP contribution in [0.2, 0.25) is 0 Å². The van der Waals surface area contributed by atoms with Crippen molar-refractivity contribution >= 4 is 11.6 Å². The van der Waals surface area contributed by atoms with Crippen LogP contribution in [0.3, 0.4) is 0 Å². The van der Waals surface area contributed by atoms with Gasteiger partial charge in [-0.05, 0) is 43.0 Å². The molecule has 2 N–H and O–H groups in total. The highest BCUT2D eigenvalue weighted by Gasteiger charge is 2.29. The maximum atomic E-state index is 12.4. The summed E-state index contributed by atoms with van der Waals surface area (Å²) in [6.07, 6.45) is 1.71. The van der Waals surface area contributed by atoms with E-state index in [1.807, 2.05) is 0 Å². The van der Waals surface area contributed by atoms with Gasteiger partial charge in [0.1, 0.15) is 0 Å². The van der Waals surface area contributed by atoms with Gasteiger partial charge in [-0.2, -0.15) is 13.2 Å². The van der Waals surface area contributed by atoms with E-state index < -0.39 is 11.7 Å². The molecule has 0 heterocycles. The average molecular weight is 314 g/mol. The lowest BCUT2D eigenvalue weighted by atomic mass is 9.89. The molecule has 122 valence electrons. The first-order chi connectivity index (χ1) is 10.4. The Bertz CT molecular complexity index is 479. The standard InChI is InChI=1S/C16H21F3N2O/c17-16(18,19)13-6-8-14(9-7-13)20-11-15(22)21-10-12-4-2-1-3-5-12/h6-9,12,20H,1-5,10-11H2,(H,21,22). The topological polar surface area (TPSA) is 41.1 Å². The highest BCUT2D eigenvalue weighted by atomic mass is 19.4. The highest BCUT2D eigenvalue weighted by molar-refractivity contribution is 5.80. The zero-order valence-electron chi connectivity index (χ0n) is 12.4. The molecule has 0 radical (unpaired) electrons. The Morgan fingerprint density at radius 2 is 1.73 bits per heavy atom. The van der Waals surface area contributed by atoms with Crippen LogP contribution in [0, 0.1) is 5.92 Å². The van der Waals surface area contributed by atoms with Crippen LogP contribution in [0.25, 0.3) is 0 Å². The fraction of sp³-hybridized carbons (Fsp3) is 0.562. The quantitative estimate of drug-likeness (QED) is 0.867. The van der Waals surface area contributed by atoms with Crippen LogP contribution < -0.4 is 10.6 Å². The Kier molecular flexibility index (Phi) is 5.69. The molecule has 0 spiro atoms. The third-order valence-electron chi connectivity index (χ3n) is 3.98. The van der Waals surface area contributed by atoms with E-state index in [0.29, 0.717) is 18.2 Å². The number of anilines is 1. The van der Waals surface area contributed by atoms with Crippen LogP contribution in [0.15, 0.2) is 24.3 Å². The van der Waals surface area contributed by atoms with Crippen molar-refractivity contribution in [3.8, 4) is 0 Å². The fourth-order valence-corrected chi connectivity index (χ4v) is 2.67. The van der Waals surface area contributed by atoms with Gasteiger partial charge in [0.05, 0.1) is 12.1 Å². The molecule has 22 heavy (non-hydrogen) atoms. The van der Waals surface area contributed by atoms with Gasteiger partial charge in [0, 0.05) is 12.2 Å². The lowest BCUT2D eigenvalue weighted by molar-refractivity contribution is -0.137. The van der Waals surface area contributed by atoms with Crippen LogP contribution >= 0.6 is 0 Å². The number of carbonyl (C=O) groups excluding carboxylic acids is 1. The Hall–Kier alpha value is -1.72. The summed E-state index contributed by atoms with van der Waals surface area (Å²) in [5.41, 5.74) is -0.194. The number of carbonyl (C=O) groups is 1. The van der Waals surface area contributed by atoms with Crippen molar-refractivity contribution in [2.24, 2.45) is 5.92 Å². The van der Waals surface area contributed by atoms with E-state index in [1.165, 1.54) is 31.4 Å². The van der Waals surface area contributed by atoms with Gasteiger partial charge in [-0.15, -0.1) is 0 Å². The molecule has 0 bridgehead atoms. The molecule has 1 aliphatic rings. The van der Waals surface area contributed by atoms with Gasteiger partial charge in [-0.3, -0.25) is 4.79 Å². The molecular formula is C16H21F3N2O. The Balaban J connectivity index is 1.71. The van der Waals surface area contributed by atoms with Crippen molar-refractivity contribution in [3.63, 3.8) is 0 Å². The first-order valence-corrected chi connectivity index (χ1v) is 7.63. The fourth-order valence-electron chi connectivity index (χ4n) is 2.67. The molecular weight excluding hydrogens is 293 g/mol. The monoisotopic (exact) mass is 314 g/mol. The first-order valence-electron chi connectivity index (χ1n) is 7.63. The number of alkyl halides is 3. The van der Waals surface area contributed by atoms with Gasteiger partial charge >= 0.3 is 6.18 Å². The van der Waals surface area contributed by atoms with E-state index in [2.05, 4.69) is 10.6 Å². The second-order valence-corrected chi connectivity index (χ2v) is 5.74. The lowest BCUT2D eigenvalue weighted by Gasteiger charge is -2.21. The molecule has 6 heteroatoms. The predicted octanol–water partition coefficient (Wildman–Crippen LogP) is 3.81. The van der Waals surface area contributed by atoms with E-state index in [0.717, 1.165) is 25.0 Å². The minimum Gasteiger partial charge on any atom is -0.376 e. The van der Waals surface area contributed by atoms with Crippen LogP contribution in [0.5, 0.6) is 0 Å². The van der Waals surface area contributed by atoms with Crippen LogP contribution in [0.1, 0.15) is 37.7 Å². The molecule has 1 amide bonds. The van der Waals surface area contributed by atoms with Crippen LogP contribution in [0.4, 0.5) is 18.9 Å². The second kappa shape index (κ2) is 7.51. The molecule has 0 unspecified atom stereocenters. The van der Waals surface area contributed by atoms with Crippen LogP contribution in [-0.2, 0) is 11.0 Å². The normalized spacial score (nSPS) is 16.3. The molecule has 0 atom stereocenters. The van der Waals surface area contributed by atoms with Gasteiger partial charge in [0.2, 0.25) is 5.91 Å². The smallest absolute Gasteiger partial charge is 0.376 e. The van der Waals surface area contributed by atoms with Gasteiger partial charge in [0.25, 0.3) is 0 Å². The summed E-state index contributed by atoms with van der Waals surface area (Å²) in [7, 11) is 0. The minimum atomic E-state index is -4.34. The third kappa shape index (κ3) is 5.24. The van der Waals surface area contributed by atoms with Gasteiger partial charge < -0.3 is 10.6 Å². The Morgan fingerprint density at radius 1 is 1.09 bits per heavy atom. The van der Waals surface area contributed by atoms with E-state index in [-0.39, 0.29) is 12.5 Å². The number of hydrogen-bond acceptors (Lipinski definition) is 2. The zero-order valence-corrected chi connectivity index (χ0v) is 12.4. The number of nitrogens with one attached hydrogen (secondary N) is 2. The summed E-state index contributed by atoms with van der Waals surface area (Å²) < 4.78 is 37.3. The molecule has 1 aromatic rings. The number of amides is 1. The first kappa shape index (κ1) is 16.6. The molecule has 1 aliphatic carbocycles. The van der Waals surface area contributed by atoms with E-state index >= 15 is 0 Å². The average Bonchev–Trinajstić information content (AvgIpc) is 2.51. The molecule has 0 aliphatic heterocycles. The van der Waals surface area contributed by atoms with Crippen molar-refractivity contribution in [2.45, 2.75) is 38.3 Å². The Morgan fingerprint density at radius 3 is 2.32 bits per heavy atom. The van der Waals surface area contributed by atoms with Crippen molar-refractivity contribution < 1.29 is 18.0 Å². The van der Waals surface area contributed by atoms with Gasteiger partial charge in [-0.25, -0.2) is 0 Å². The summed E-state index contributed by atoms with van der Waals surface area (Å²) in [6, 6.07) is 4.67. The summed E-state index contributed by atoms with van der Waals surface area (Å²) in [5, 5.41) is 5.71. The van der Waals surface area contributed by atoms with Crippen molar-refractivity contribution in [2.75, 3.05) is 18.4 Å². The summed E-state index contributed by atoms with van der Waals surface area (Å²) >= 11 is 0. The molecule has 2 rings (SSSR count). The maximum Gasteiger partial charge on any atom is 0.416 e. The second-order valence-electron chi connectivity index (χ2n) is 5.74. The summed E-state index contributed by atoms with van der Waals surface area (Å²) in [6.45, 7) is 0.756. The van der Waals surface area contributed by atoms with Gasteiger partial charge in [0.15, 0.2) is 0 Å². The molecule has 3 nitrogen and oxygen atoms in total. The SMILES string of the molecule is O=C(CNc1ccc(C(F)(F)F)cc1)NCC1CCCCC1. The van der Waals surface area contributed by atoms with E-state index in [1.54, 1.807) is 0 Å². The molecule has 0 aromatic heterocycles. The van der Waals surface area contributed by atoms with Crippen molar-refractivity contribution in [1.82, 2.24) is 5.32 Å². The molecule has 0 saturated heterocycles. The summed E-state index contributed by atoms with van der Waals surface area (Å²) in [4.78, 5) is 11.7. The van der Waals surface area contributed by atoms with E-state index in [4.69, 9.17) is 0 Å². The van der Waals surface area contributed by atoms with E-state index in [9.17, 15) is 18.0 Å². The van der Waals surface area contributed by atoms with Gasteiger partial charge in [-0.1, -0.05) is 19.3 Å². The Labute approximate surface area is 128 Å². The highest BCUT2D eigenvalue weighted by Crippen LogP contribution is 2.29. The van der Waals surface area contributed by atoms with Crippen LogP contribution in [-0.4, -0.2) is 19.0 Å². The van der Waals surface area contributed by atoms with Crippen molar-refractivity contribution in [3.05, 3.63) is 29.8 Å². The number of hydrogen-bond donors (Lipinski definition) is 2. The number of benzene rings is 1. The lowest BCUT2D eigenvalue weighted by Crippen LogP contribution is -2.34. The number of halogens is 3.